The van der Waals surface area contributed by atoms with Gasteiger partial charge in [0.25, 0.3) is 0 Å². The monoisotopic (exact) mass is 259 g/mol. The fourth-order valence-electron chi connectivity index (χ4n) is 1.65. The second-order valence-electron chi connectivity index (χ2n) is 4.14. The zero-order valence-electron chi connectivity index (χ0n) is 10.1. The smallest absolute Gasteiger partial charge is 0.326 e. The van der Waals surface area contributed by atoms with Gasteiger partial charge in [-0.1, -0.05) is 0 Å². The van der Waals surface area contributed by atoms with E-state index in [1.54, 1.807) is 7.05 Å². The Hall–Kier alpha value is -1.83. The Labute approximate surface area is 104 Å². The molecule has 1 fully saturated rings. The van der Waals surface area contributed by atoms with Crippen LogP contribution >= 0.6 is 0 Å². The number of carbonyl (C=O) groups is 3. The summed E-state index contributed by atoms with van der Waals surface area (Å²) in [6, 6.07) is -1.94. The Bertz CT molecular complexity index is 340. The second-order valence-corrected chi connectivity index (χ2v) is 4.14. The number of ether oxygens (including phenoxy) is 1. The SMILES string of the molecule is CN(C(=O)N[C@H](CC(N)=O)C(=O)O)C1CCOC1. The predicted molar refractivity (Wildman–Crippen MR) is 60.8 cm³/mol. The highest BCUT2D eigenvalue weighted by atomic mass is 16.5. The van der Waals surface area contributed by atoms with Crippen molar-refractivity contribution in [3.8, 4) is 0 Å². The van der Waals surface area contributed by atoms with E-state index >= 15 is 0 Å². The molecule has 0 saturated carbocycles. The molecule has 1 heterocycles. The number of primary amides is 1. The third-order valence-electron chi connectivity index (χ3n) is 2.77. The van der Waals surface area contributed by atoms with Crippen molar-refractivity contribution in [2.45, 2.75) is 24.9 Å². The summed E-state index contributed by atoms with van der Waals surface area (Å²) in [6.07, 6.45) is 0.271. The number of hydrogen-bond donors (Lipinski definition) is 3. The number of rotatable bonds is 5. The molecule has 0 aromatic heterocycles. The number of nitrogens with two attached hydrogens (primary N) is 1. The van der Waals surface area contributed by atoms with E-state index < -0.39 is 30.4 Å². The molecule has 1 aliphatic heterocycles. The summed E-state index contributed by atoms with van der Waals surface area (Å²) < 4.78 is 5.13. The van der Waals surface area contributed by atoms with Gasteiger partial charge in [0.2, 0.25) is 5.91 Å². The minimum Gasteiger partial charge on any atom is -0.480 e. The number of amides is 3. The number of urea groups is 1. The average Bonchev–Trinajstić information content (AvgIpc) is 2.79. The van der Waals surface area contributed by atoms with Crippen LogP contribution in [0.2, 0.25) is 0 Å². The first-order valence-corrected chi connectivity index (χ1v) is 5.54. The number of hydrogen-bond acceptors (Lipinski definition) is 4. The van der Waals surface area contributed by atoms with Gasteiger partial charge in [-0.05, 0) is 6.42 Å². The normalized spacial score (nSPS) is 20.2. The Balaban J connectivity index is 2.54. The molecule has 0 spiro atoms. The van der Waals surface area contributed by atoms with E-state index in [0.29, 0.717) is 19.6 Å². The highest BCUT2D eigenvalue weighted by Gasteiger charge is 2.28. The summed E-state index contributed by atoms with van der Waals surface area (Å²) >= 11 is 0. The van der Waals surface area contributed by atoms with Crippen molar-refractivity contribution in [3.05, 3.63) is 0 Å². The molecule has 0 aliphatic carbocycles. The zero-order chi connectivity index (χ0) is 13.7. The van der Waals surface area contributed by atoms with Gasteiger partial charge < -0.3 is 25.8 Å². The number of carboxylic acid groups (broad SMARTS) is 1. The van der Waals surface area contributed by atoms with Crippen LogP contribution in [-0.2, 0) is 14.3 Å². The van der Waals surface area contributed by atoms with Gasteiger partial charge in [-0.15, -0.1) is 0 Å². The average molecular weight is 259 g/mol. The van der Waals surface area contributed by atoms with E-state index in [4.69, 9.17) is 15.6 Å². The van der Waals surface area contributed by atoms with Crippen molar-refractivity contribution in [3.63, 3.8) is 0 Å². The first-order chi connectivity index (χ1) is 8.41. The number of likely N-dealkylation sites (N-methyl/N-ethyl adjacent to an activating group) is 1. The first-order valence-electron chi connectivity index (χ1n) is 5.54. The number of nitrogens with one attached hydrogen (secondary N) is 1. The summed E-state index contributed by atoms with van der Waals surface area (Å²) in [6.45, 7) is 1.00. The van der Waals surface area contributed by atoms with Crippen molar-refractivity contribution < 1.29 is 24.2 Å². The van der Waals surface area contributed by atoms with Crippen LogP contribution in [0.15, 0.2) is 0 Å². The van der Waals surface area contributed by atoms with Gasteiger partial charge in [0.05, 0.1) is 19.1 Å². The molecule has 0 aromatic rings. The van der Waals surface area contributed by atoms with Crippen LogP contribution in [0.25, 0.3) is 0 Å². The largest absolute Gasteiger partial charge is 0.480 e. The van der Waals surface area contributed by atoms with Crippen LogP contribution in [0.1, 0.15) is 12.8 Å². The van der Waals surface area contributed by atoms with Gasteiger partial charge in [-0.3, -0.25) is 4.79 Å². The third-order valence-corrected chi connectivity index (χ3v) is 2.77. The summed E-state index contributed by atoms with van der Waals surface area (Å²) in [5.74, 6) is -2.08. The maximum Gasteiger partial charge on any atom is 0.326 e. The zero-order valence-corrected chi connectivity index (χ0v) is 10.1. The van der Waals surface area contributed by atoms with Crippen LogP contribution in [-0.4, -0.2) is 60.3 Å². The first kappa shape index (κ1) is 14.2. The van der Waals surface area contributed by atoms with Gasteiger partial charge >= 0.3 is 12.0 Å². The van der Waals surface area contributed by atoms with E-state index in [0.717, 1.165) is 0 Å². The Morgan fingerprint density at radius 3 is 2.67 bits per heavy atom. The van der Waals surface area contributed by atoms with Crippen molar-refractivity contribution in [1.82, 2.24) is 10.2 Å². The standard InChI is InChI=1S/C10H17N3O5/c1-13(6-2-3-18-5-6)10(17)12-7(9(15)16)4-8(11)14/h6-7H,2-5H2,1H3,(H2,11,14)(H,12,17)(H,15,16)/t6?,7-/m1/s1. The number of carboxylic acids is 1. The van der Waals surface area contributed by atoms with Gasteiger partial charge in [0, 0.05) is 13.7 Å². The molecule has 2 atom stereocenters. The molecule has 1 unspecified atom stereocenters. The van der Waals surface area contributed by atoms with Crippen molar-refractivity contribution in [2.75, 3.05) is 20.3 Å². The number of aliphatic carboxylic acids is 1. The molecular formula is C10H17N3O5. The van der Waals surface area contributed by atoms with E-state index in [9.17, 15) is 14.4 Å². The summed E-state index contributed by atoms with van der Waals surface area (Å²) in [5.41, 5.74) is 4.92. The summed E-state index contributed by atoms with van der Waals surface area (Å²) in [4.78, 5) is 34.7. The van der Waals surface area contributed by atoms with E-state index in [-0.39, 0.29) is 6.04 Å². The van der Waals surface area contributed by atoms with Gasteiger partial charge in [-0.2, -0.15) is 0 Å². The van der Waals surface area contributed by atoms with Crippen LogP contribution in [0.4, 0.5) is 4.79 Å². The molecule has 4 N–H and O–H groups in total. The molecular weight excluding hydrogens is 242 g/mol. The molecule has 18 heavy (non-hydrogen) atoms. The Morgan fingerprint density at radius 1 is 1.56 bits per heavy atom. The second kappa shape index (κ2) is 6.20. The van der Waals surface area contributed by atoms with Gasteiger partial charge in [0.1, 0.15) is 6.04 Å². The van der Waals surface area contributed by atoms with Gasteiger partial charge in [-0.25, -0.2) is 9.59 Å². The highest BCUT2D eigenvalue weighted by Crippen LogP contribution is 2.10. The number of carbonyl (C=O) groups excluding carboxylic acids is 2. The molecule has 102 valence electrons. The Kier molecular flexibility index (Phi) is 4.90. The summed E-state index contributed by atoms with van der Waals surface area (Å²) in [5, 5.41) is 11.1. The molecule has 1 aliphatic rings. The van der Waals surface area contributed by atoms with E-state index in [1.165, 1.54) is 4.90 Å². The van der Waals surface area contributed by atoms with Crippen LogP contribution in [0, 0.1) is 0 Å². The molecule has 0 aromatic carbocycles. The topological polar surface area (TPSA) is 122 Å². The molecule has 3 amide bonds. The lowest BCUT2D eigenvalue weighted by atomic mass is 10.2. The van der Waals surface area contributed by atoms with Crippen molar-refractivity contribution in [1.29, 1.82) is 0 Å². The number of nitrogens with zero attached hydrogens (tertiary/aromatic N) is 1. The minimum atomic E-state index is -1.31. The quantitative estimate of drug-likeness (QED) is 0.569. The lowest BCUT2D eigenvalue weighted by Crippen LogP contribution is -2.51. The Morgan fingerprint density at radius 2 is 2.22 bits per heavy atom. The maximum absolute atomic E-state index is 11.8. The molecule has 1 rings (SSSR count). The summed E-state index contributed by atoms with van der Waals surface area (Å²) in [7, 11) is 1.55. The third kappa shape index (κ3) is 3.88. The molecule has 0 bridgehead atoms. The predicted octanol–water partition coefficient (Wildman–Crippen LogP) is -1.25. The fourth-order valence-corrected chi connectivity index (χ4v) is 1.65. The van der Waals surface area contributed by atoms with Crippen LogP contribution < -0.4 is 11.1 Å². The highest BCUT2D eigenvalue weighted by molar-refractivity contribution is 5.87. The van der Waals surface area contributed by atoms with E-state index in [1.807, 2.05) is 0 Å². The lowest BCUT2D eigenvalue weighted by Gasteiger charge is -2.25. The minimum absolute atomic E-state index is 0.0759. The van der Waals surface area contributed by atoms with E-state index in [2.05, 4.69) is 5.32 Å². The molecule has 8 nitrogen and oxygen atoms in total. The van der Waals surface area contributed by atoms with Crippen molar-refractivity contribution in [2.24, 2.45) is 5.73 Å². The maximum atomic E-state index is 11.8. The molecule has 0 radical (unpaired) electrons. The van der Waals surface area contributed by atoms with Gasteiger partial charge in [0.15, 0.2) is 0 Å². The lowest BCUT2D eigenvalue weighted by molar-refractivity contribution is -0.141. The van der Waals surface area contributed by atoms with Crippen LogP contribution in [0.5, 0.6) is 0 Å². The van der Waals surface area contributed by atoms with Crippen molar-refractivity contribution >= 4 is 17.9 Å². The van der Waals surface area contributed by atoms with Crippen LogP contribution in [0.3, 0.4) is 0 Å². The fraction of sp³-hybridized carbons (Fsp3) is 0.700. The molecule has 8 heteroatoms. The molecule has 1 saturated heterocycles.